The van der Waals surface area contributed by atoms with E-state index < -0.39 is 5.91 Å². The number of carbonyl (C=O) groups excluding carboxylic acids is 2. The molecule has 2 N–H and O–H groups in total. The first-order chi connectivity index (χ1) is 12.5. The molecule has 1 saturated heterocycles. The van der Waals surface area contributed by atoms with E-state index in [0.717, 1.165) is 46.4 Å². The molecule has 26 heavy (non-hydrogen) atoms. The van der Waals surface area contributed by atoms with Crippen LogP contribution < -0.4 is 5.73 Å². The van der Waals surface area contributed by atoms with Crippen molar-refractivity contribution < 1.29 is 14.0 Å². The van der Waals surface area contributed by atoms with Gasteiger partial charge >= 0.3 is 0 Å². The van der Waals surface area contributed by atoms with Gasteiger partial charge in [0.1, 0.15) is 5.58 Å². The Bertz CT molecular complexity index is 988. The van der Waals surface area contributed by atoms with Crippen LogP contribution in [-0.4, -0.2) is 23.3 Å². The van der Waals surface area contributed by atoms with Crippen LogP contribution in [0.15, 0.2) is 41.0 Å². The fraction of sp³-hybridized carbons (Fsp3) is 0.300. The predicted octanol–water partition coefficient (Wildman–Crippen LogP) is 3.81. The van der Waals surface area contributed by atoms with E-state index in [-0.39, 0.29) is 11.9 Å². The number of aryl methyl sites for hydroxylation is 1. The van der Waals surface area contributed by atoms with Crippen molar-refractivity contribution in [2.75, 3.05) is 6.54 Å². The van der Waals surface area contributed by atoms with Gasteiger partial charge in [0.15, 0.2) is 0 Å². The van der Waals surface area contributed by atoms with Crippen molar-refractivity contribution in [2.24, 2.45) is 5.73 Å². The molecule has 0 aliphatic carbocycles. The third-order valence-corrected chi connectivity index (χ3v) is 6.13. The van der Waals surface area contributed by atoms with E-state index in [1.807, 2.05) is 36.1 Å². The lowest BCUT2D eigenvalue weighted by molar-refractivity contribution is -0.131. The molecule has 5 nitrogen and oxygen atoms in total. The molecule has 1 aliphatic heterocycles. The summed E-state index contributed by atoms with van der Waals surface area (Å²) < 4.78 is 5.61. The van der Waals surface area contributed by atoms with E-state index in [9.17, 15) is 9.59 Å². The van der Waals surface area contributed by atoms with Gasteiger partial charge in [0, 0.05) is 22.4 Å². The molecule has 4 rings (SSSR count). The average molecular weight is 368 g/mol. The highest BCUT2D eigenvalue weighted by atomic mass is 32.1. The minimum atomic E-state index is -0.419. The second kappa shape index (κ2) is 6.61. The monoisotopic (exact) mass is 368 g/mol. The molecule has 3 heterocycles. The number of fused-ring (bicyclic) bond motifs is 1. The number of likely N-dealkylation sites (tertiary alicyclic amines) is 1. The Labute approximate surface area is 155 Å². The fourth-order valence-corrected chi connectivity index (χ4v) is 4.62. The van der Waals surface area contributed by atoms with Gasteiger partial charge in [0.2, 0.25) is 5.91 Å². The quantitative estimate of drug-likeness (QED) is 0.761. The summed E-state index contributed by atoms with van der Waals surface area (Å²) in [7, 11) is 0. The lowest BCUT2D eigenvalue weighted by Gasteiger charge is -2.23. The summed E-state index contributed by atoms with van der Waals surface area (Å²) in [6, 6.07) is 9.71. The number of primary amides is 1. The molecule has 1 aromatic carbocycles. The molecular formula is C20H20N2O3S. The molecule has 6 heteroatoms. The molecule has 0 spiro atoms. The van der Waals surface area contributed by atoms with E-state index in [1.54, 1.807) is 12.3 Å². The molecule has 134 valence electrons. The van der Waals surface area contributed by atoms with Crippen molar-refractivity contribution in [3.63, 3.8) is 0 Å². The van der Waals surface area contributed by atoms with Crippen LogP contribution in [-0.2, 0) is 11.2 Å². The lowest BCUT2D eigenvalue weighted by atomic mass is 10.1. The zero-order valence-corrected chi connectivity index (χ0v) is 15.3. The van der Waals surface area contributed by atoms with Gasteiger partial charge in [-0.05, 0) is 43.5 Å². The Morgan fingerprint density at radius 3 is 2.92 bits per heavy atom. The maximum absolute atomic E-state index is 12.9. The highest BCUT2D eigenvalue weighted by Crippen LogP contribution is 2.36. The van der Waals surface area contributed by atoms with Crippen LogP contribution >= 0.6 is 11.3 Å². The Hall–Kier alpha value is -2.60. The SMILES string of the molecule is Cc1ccc2c(CC(=O)N3CCCC3c3ccc(C(N)=O)s3)coc2c1. The van der Waals surface area contributed by atoms with Crippen LogP contribution in [0.4, 0.5) is 0 Å². The number of nitrogens with two attached hydrogens (primary N) is 1. The van der Waals surface area contributed by atoms with Crippen LogP contribution in [0, 0.1) is 6.92 Å². The van der Waals surface area contributed by atoms with Crippen LogP contribution in [0.25, 0.3) is 11.0 Å². The maximum atomic E-state index is 12.9. The summed E-state index contributed by atoms with van der Waals surface area (Å²) in [6.45, 7) is 2.76. The number of thiophene rings is 1. The Kier molecular flexibility index (Phi) is 4.28. The number of hydrogen-bond acceptors (Lipinski definition) is 4. The van der Waals surface area contributed by atoms with Crippen molar-refractivity contribution in [3.05, 3.63) is 57.5 Å². The fourth-order valence-electron chi connectivity index (χ4n) is 3.62. The lowest BCUT2D eigenvalue weighted by Crippen LogP contribution is -2.31. The van der Waals surface area contributed by atoms with E-state index >= 15 is 0 Å². The molecule has 3 aromatic rings. The van der Waals surface area contributed by atoms with Crippen molar-refractivity contribution in [1.82, 2.24) is 4.90 Å². The van der Waals surface area contributed by atoms with Crippen LogP contribution in [0.2, 0.25) is 0 Å². The zero-order valence-electron chi connectivity index (χ0n) is 14.5. The standard InChI is InChI=1S/C20H20N2O3S/c1-12-4-5-14-13(11-25-16(14)9-12)10-19(23)22-8-2-3-15(22)17-6-7-18(26-17)20(21)24/h4-7,9,11,15H,2-3,8,10H2,1H3,(H2,21,24). The molecule has 2 amide bonds. The van der Waals surface area contributed by atoms with E-state index in [2.05, 4.69) is 0 Å². The number of benzene rings is 1. The molecule has 0 saturated carbocycles. The van der Waals surface area contributed by atoms with Crippen molar-refractivity contribution in [1.29, 1.82) is 0 Å². The second-order valence-electron chi connectivity index (χ2n) is 6.75. The molecule has 1 atom stereocenters. The summed E-state index contributed by atoms with van der Waals surface area (Å²) in [5.41, 5.74) is 8.22. The largest absolute Gasteiger partial charge is 0.464 e. The summed E-state index contributed by atoms with van der Waals surface area (Å²) in [4.78, 5) is 27.8. The highest BCUT2D eigenvalue weighted by molar-refractivity contribution is 7.14. The molecule has 2 aromatic heterocycles. The average Bonchev–Trinajstić information content (AvgIpc) is 3.33. The van der Waals surface area contributed by atoms with Crippen molar-refractivity contribution >= 4 is 34.1 Å². The smallest absolute Gasteiger partial charge is 0.258 e. The first-order valence-electron chi connectivity index (χ1n) is 8.68. The van der Waals surface area contributed by atoms with E-state index in [4.69, 9.17) is 10.2 Å². The first-order valence-corrected chi connectivity index (χ1v) is 9.50. The summed E-state index contributed by atoms with van der Waals surface area (Å²) in [5.74, 6) is -0.331. The van der Waals surface area contributed by atoms with Crippen molar-refractivity contribution in [2.45, 2.75) is 32.2 Å². The molecule has 1 unspecified atom stereocenters. The molecule has 0 bridgehead atoms. The van der Waals surface area contributed by atoms with Crippen LogP contribution in [0.1, 0.15) is 44.6 Å². The molecular weight excluding hydrogens is 348 g/mol. The van der Waals surface area contributed by atoms with Gasteiger partial charge in [-0.15, -0.1) is 11.3 Å². The summed E-state index contributed by atoms with van der Waals surface area (Å²) in [5, 5.41) is 0.992. The van der Waals surface area contributed by atoms with E-state index in [1.165, 1.54) is 11.3 Å². The van der Waals surface area contributed by atoms with Gasteiger partial charge in [-0.3, -0.25) is 9.59 Å². The summed E-state index contributed by atoms with van der Waals surface area (Å²) >= 11 is 1.38. The van der Waals surface area contributed by atoms with Gasteiger partial charge < -0.3 is 15.1 Å². The summed E-state index contributed by atoms with van der Waals surface area (Å²) in [6.07, 6.45) is 3.88. The highest BCUT2D eigenvalue weighted by Gasteiger charge is 2.31. The maximum Gasteiger partial charge on any atom is 0.258 e. The second-order valence-corrected chi connectivity index (χ2v) is 7.86. The van der Waals surface area contributed by atoms with Crippen LogP contribution in [0.3, 0.4) is 0 Å². The van der Waals surface area contributed by atoms with Crippen LogP contribution in [0.5, 0.6) is 0 Å². The zero-order chi connectivity index (χ0) is 18.3. The van der Waals surface area contributed by atoms with Gasteiger partial charge in [0.25, 0.3) is 5.91 Å². The topological polar surface area (TPSA) is 76.5 Å². The number of hydrogen-bond donors (Lipinski definition) is 1. The minimum Gasteiger partial charge on any atom is -0.464 e. The normalized spacial score (nSPS) is 17.1. The van der Waals surface area contributed by atoms with E-state index in [0.29, 0.717) is 11.3 Å². The predicted molar refractivity (Wildman–Crippen MR) is 101 cm³/mol. The third kappa shape index (κ3) is 3.01. The number of nitrogens with zero attached hydrogens (tertiary/aromatic N) is 1. The van der Waals surface area contributed by atoms with Gasteiger partial charge in [-0.1, -0.05) is 12.1 Å². The Balaban J connectivity index is 1.55. The minimum absolute atomic E-state index is 0.0287. The van der Waals surface area contributed by atoms with Gasteiger partial charge in [0.05, 0.1) is 23.6 Å². The number of furan rings is 1. The molecule has 0 radical (unpaired) electrons. The third-order valence-electron chi connectivity index (χ3n) is 4.92. The molecule has 1 aliphatic rings. The van der Waals surface area contributed by atoms with Gasteiger partial charge in [-0.25, -0.2) is 0 Å². The van der Waals surface area contributed by atoms with Crippen molar-refractivity contribution in [3.8, 4) is 0 Å². The van der Waals surface area contributed by atoms with Gasteiger partial charge in [-0.2, -0.15) is 0 Å². The molecule has 1 fully saturated rings. The number of carbonyl (C=O) groups is 2. The Morgan fingerprint density at radius 2 is 2.15 bits per heavy atom. The number of amides is 2. The number of rotatable bonds is 4. The first kappa shape index (κ1) is 16.8. The Morgan fingerprint density at radius 1 is 1.31 bits per heavy atom.